The van der Waals surface area contributed by atoms with Crippen LogP contribution in [0.25, 0.3) is 11.2 Å². The van der Waals surface area contributed by atoms with Crippen molar-refractivity contribution >= 4 is 23.1 Å². The molecule has 0 radical (unpaired) electrons. The number of piperidine rings is 1. The van der Waals surface area contributed by atoms with Crippen molar-refractivity contribution in [1.29, 1.82) is 0 Å². The lowest BCUT2D eigenvalue weighted by Gasteiger charge is -2.29. The smallest absolute Gasteiger partial charge is 0.410 e. The Kier molecular flexibility index (Phi) is 3.88. The third kappa shape index (κ3) is 2.66. The number of carbonyl (C=O) groups is 1. The molecule has 3 saturated heterocycles. The summed E-state index contributed by atoms with van der Waals surface area (Å²) in [5, 5.41) is 0. The molecular weight excluding hydrogens is 334 g/mol. The van der Waals surface area contributed by atoms with Gasteiger partial charge in [0.1, 0.15) is 17.9 Å². The van der Waals surface area contributed by atoms with Crippen LogP contribution in [-0.2, 0) is 4.74 Å². The average molecular weight is 357 g/mol. The predicted octanol–water partition coefficient (Wildman–Crippen LogP) is 0.848. The van der Waals surface area contributed by atoms with E-state index in [2.05, 4.69) is 29.7 Å². The molecule has 138 valence electrons. The number of aromatic amines is 1. The van der Waals surface area contributed by atoms with Gasteiger partial charge >= 0.3 is 6.09 Å². The highest BCUT2D eigenvalue weighted by atomic mass is 16.6. The van der Waals surface area contributed by atoms with E-state index in [1.165, 1.54) is 25.6 Å². The van der Waals surface area contributed by atoms with E-state index in [1.807, 2.05) is 4.90 Å². The van der Waals surface area contributed by atoms with Gasteiger partial charge in [0.2, 0.25) is 0 Å². The zero-order valence-corrected chi connectivity index (χ0v) is 14.7. The second kappa shape index (κ2) is 6.39. The highest BCUT2D eigenvalue weighted by Crippen LogP contribution is 2.31. The molecule has 9 heteroatoms. The van der Waals surface area contributed by atoms with Crippen LogP contribution in [0.15, 0.2) is 12.7 Å². The maximum Gasteiger partial charge on any atom is 0.410 e. The van der Waals surface area contributed by atoms with Gasteiger partial charge in [-0.1, -0.05) is 6.42 Å². The number of fused-ring (bicyclic) bond motifs is 2. The van der Waals surface area contributed by atoms with Crippen molar-refractivity contribution in [3.8, 4) is 0 Å². The summed E-state index contributed by atoms with van der Waals surface area (Å²) in [6, 6.07) is 0.0835. The number of imidazole rings is 1. The second-order valence-electron chi connectivity index (χ2n) is 7.29. The number of nitrogens with one attached hydrogen (secondary N) is 1. The van der Waals surface area contributed by atoms with Crippen molar-refractivity contribution in [3.05, 3.63) is 12.7 Å². The summed E-state index contributed by atoms with van der Waals surface area (Å²) in [4.78, 5) is 34.7. The molecule has 2 aromatic rings. The molecule has 5 heterocycles. The van der Waals surface area contributed by atoms with Crippen molar-refractivity contribution < 1.29 is 9.53 Å². The maximum atomic E-state index is 12.3. The Bertz CT molecular complexity index is 803. The fourth-order valence-electron chi connectivity index (χ4n) is 4.36. The Morgan fingerprint density at radius 1 is 1.12 bits per heavy atom. The topological polar surface area (TPSA) is 90.5 Å². The number of H-pyrrole nitrogens is 1. The Labute approximate surface area is 151 Å². The van der Waals surface area contributed by atoms with Crippen LogP contribution >= 0.6 is 0 Å². The van der Waals surface area contributed by atoms with Crippen LogP contribution in [0.3, 0.4) is 0 Å². The molecule has 0 spiro atoms. The zero-order valence-electron chi connectivity index (χ0n) is 14.7. The number of aromatic nitrogens is 4. The number of ether oxygens (including phenoxy) is 1. The molecule has 2 aromatic heterocycles. The predicted molar refractivity (Wildman–Crippen MR) is 95.0 cm³/mol. The van der Waals surface area contributed by atoms with E-state index >= 15 is 0 Å². The van der Waals surface area contributed by atoms with Crippen LogP contribution < -0.4 is 4.90 Å². The van der Waals surface area contributed by atoms with Crippen molar-refractivity contribution in [2.45, 2.75) is 31.4 Å². The summed E-state index contributed by atoms with van der Waals surface area (Å²) in [7, 11) is 0. The molecule has 3 fully saturated rings. The Morgan fingerprint density at radius 2 is 2.00 bits per heavy atom. The van der Waals surface area contributed by atoms with Crippen LogP contribution in [0.4, 0.5) is 10.6 Å². The minimum absolute atomic E-state index is 0.0835. The van der Waals surface area contributed by atoms with Gasteiger partial charge in [-0.2, -0.15) is 0 Å². The van der Waals surface area contributed by atoms with Gasteiger partial charge in [-0.25, -0.2) is 19.7 Å². The fourth-order valence-corrected chi connectivity index (χ4v) is 4.36. The van der Waals surface area contributed by atoms with Crippen molar-refractivity contribution in [3.63, 3.8) is 0 Å². The third-order valence-electron chi connectivity index (χ3n) is 5.73. The lowest BCUT2D eigenvalue weighted by Crippen LogP contribution is -2.43. The van der Waals surface area contributed by atoms with E-state index in [0.717, 1.165) is 44.1 Å². The third-order valence-corrected chi connectivity index (χ3v) is 5.73. The molecule has 0 aromatic carbocycles. The van der Waals surface area contributed by atoms with Gasteiger partial charge in [-0.05, 0) is 25.9 Å². The first kappa shape index (κ1) is 15.8. The Balaban J connectivity index is 1.29. The minimum atomic E-state index is -0.175. The van der Waals surface area contributed by atoms with E-state index in [0.29, 0.717) is 12.2 Å². The molecule has 1 amide bonds. The van der Waals surface area contributed by atoms with E-state index in [1.54, 1.807) is 6.33 Å². The average Bonchev–Trinajstić information content (AvgIpc) is 3.35. The van der Waals surface area contributed by atoms with Gasteiger partial charge in [-0.15, -0.1) is 0 Å². The fraction of sp³-hybridized carbons (Fsp3) is 0.647. The van der Waals surface area contributed by atoms with Gasteiger partial charge in [0.25, 0.3) is 0 Å². The summed E-state index contributed by atoms with van der Waals surface area (Å²) in [5.41, 5.74) is 1.49. The summed E-state index contributed by atoms with van der Waals surface area (Å²) >= 11 is 0. The van der Waals surface area contributed by atoms with E-state index in [9.17, 15) is 4.79 Å². The number of amides is 1. The molecule has 0 saturated carbocycles. The molecule has 0 aliphatic carbocycles. The van der Waals surface area contributed by atoms with Crippen molar-refractivity contribution in [2.75, 3.05) is 44.2 Å². The van der Waals surface area contributed by atoms with Gasteiger partial charge < -0.3 is 19.5 Å². The normalized spacial score (nSPS) is 26.5. The van der Waals surface area contributed by atoms with Gasteiger partial charge in [0.05, 0.1) is 18.9 Å². The summed E-state index contributed by atoms with van der Waals surface area (Å²) in [6.07, 6.45) is 6.74. The molecule has 26 heavy (non-hydrogen) atoms. The van der Waals surface area contributed by atoms with Crippen LogP contribution in [-0.4, -0.2) is 87.2 Å². The molecule has 3 aliphatic heterocycles. The monoisotopic (exact) mass is 357 g/mol. The van der Waals surface area contributed by atoms with E-state index in [-0.39, 0.29) is 18.2 Å². The molecular formula is C17H23N7O2. The first-order valence-electron chi connectivity index (χ1n) is 9.38. The number of nitrogens with zero attached hydrogens (tertiary/aromatic N) is 6. The van der Waals surface area contributed by atoms with E-state index < -0.39 is 0 Å². The molecule has 2 atom stereocenters. The highest BCUT2D eigenvalue weighted by Gasteiger charge is 2.48. The number of hydrogen-bond acceptors (Lipinski definition) is 7. The van der Waals surface area contributed by atoms with E-state index in [4.69, 9.17) is 4.74 Å². The van der Waals surface area contributed by atoms with Crippen LogP contribution in [0.2, 0.25) is 0 Å². The highest BCUT2D eigenvalue weighted by molar-refractivity contribution is 5.83. The quantitative estimate of drug-likeness (QED) is 0.867. The molecule has 9 nitrogen and oxygen atoms in total. The molecule has 1 N–H and O–H groups in total. The summed E-state index contributed by atoms with van der Waals surface area (Å²) < 4.78 is 5.64. The van der Waals surface area contributed by atoms with Crippen molar-refractivity contribution in [2.24, 2.45) is 0 Å². The first-order chi connectivity index (χ1) is 12.8. The zero-order chi connectivity index (χ0) is 17.5. The number of anilines is 1. The van der Waals surface area contributed by atoms with Crippen LogP contribution in [0.1, 0.15) is 19.3 Å². The van der Waals surface area contributed by atoms with Gasteiger partial charge in [-0.3, -0.25) is 4.90 Å². The molecule has 0 unspecified atom stereocenters. The van der Waals surface area contributed by atoms with Gasteiger partial charge in [0, 0.05) is 19.6 Å². The minimum Gasteiger partial charge on any atom is -0.442 e. The summed E-state index contributed by atoms with van der Waals surface area (Å²) in [5.74, 6) is 0.828. The van der Waals surface area contributed by atoms with Crippen LogP contribution in [0.5, 0.6) is 0 Å². The summed E-state index contributed by atoms with van der Waals surface area (Å²) in [6.45, 7) is 5.32. The lowest BCUT2D eigenvalue weighted by molar-refractivity contribution is 0.132. The van der Waals surface area contributed by atoms with Crippen molar-refractivity contribution in [1.82, 2.24) is 29.7 Å². The van der Waals surface area contributed by atoms with Gasteiger partial charge in [0.15, 0.2) is 11.5 Å². The second-order valence-corrected chi connectivity index (χ2v) is 7.29. The number of hydrogen-bond donors (Lipinski definition) is 1. The lowest BCUT2D eigenvalue weighted by atomic mass is 10.1. The number of likely N-dealkylation sites (tertiary alicyclic amines) is 1. The maximum absolute atomic E-state index is 12.3. The first-order valence-corrected chi connectivity index (χ1v) is 9.38. The molecule has 0 bridgehead atoms. The number of carbonyl (C=O) groups excluding carboxylic acids is 1. The largest absolute Gasteiger partial charge is 0.442 e. The number of rotatable bonds is 4. The molecule has 3 aliphatic rings. The standard InChI is InChI=1S/C17H23N7O2/c25-17-24(7-6-22-4-2-1-3-5-22)12-8-23(9-13(12)26-17)16-14-15(19-10-18-14)20-11-21-16/h10-13H,1-9H2,(H,18,19,20,21)/t12-,13+/m1/s1. The Morgan fingerprint density at radius 3 is 2.88 bits per heavy atom. The SMILES string of the molecule is O=C1O[C@H]2CN(c3ncnc4nc[nH]c34)C[C@H]2N1CCN1CCCCC1. The molecule has 5 rings (SSSR count). The van der Waals surface area contributed by atoms with Crippen LogP contribution in [0, 0.1) is 0 Å². The Hall–Kier alpha value is -2.42.